The molecule has 23 heavy (non-hydrogen) atoms. The van der Waals surface area contributed by atoms with Crippen LogP contribution in [0.15, 0.2) is 48.8 Å². The van der Waals surface area contributed by atoms with Gasteiger partial charge in [-0.1, -0.05) is 18.2 Å². The maximum Gasteiger partial charge on any atom is 0.272 e. The Morgan fingerprint density at radius 2 is 2.09 bits per heavy atom. The van der Waals surface area contributed by atoms with Gasteiger partial charge in [0.15, 0.2) is 0 Å². The average molecular weight is 308 g/mol. The van der Waals surface area contributed by atoms with Crippen LogP contribution in [0.25, 0.3) is 10.9 Å². The number of likely N-dealkylation sites (N-methyl/N-ethyl adjacent to an activating group) is 1. The van der Waals surface area contributed by atoms with Gasteiger partial charge < -0.3 is 15.2 Å². The van der Waals surface area contributed by atoms with Crippen LogP contribution >= 0.6 is 0 Å². The summed E-state index contributed by atoms with van der Waals surface area (Å²) in [6.07, 6.45) is 4.34. The van der Waals surface area contributed by atoms with Crippen LogP contribution in [-0.4, -0.2) is 41.4 Å². The number of amides is 1. The van der Waals surface area contributed by atoms with Gasteiger partial charge in [0.05, 0.1) is 0 Å². The Balaban J connectivity index is 1.79. The van der Waals surface area contributed by atoms with Crippen LogP contribution in [0.3, 0.4) is 0 Å². The molecule has 1 aromatic carbocycles. The van der Waals surface area contributed by atoms with Gasteiger partial charge in [-0.15, -0.1) is 0 Å². The van der Waals surface area contributed by atoms with E-state index < -0.39 is 0 Å². The third-order valence-electron chi connectivity index (χ3n) is 3.76. The number of para-hydroxylation sites is 1. The number of hydrogen-bond donors (Lipinski definition) is 2. The van der Waals surface area contributed by atoms with Gasteiger partial charge in [0, 0.05) is 35.5 Å². The quantitative estimate of drug-likeness (QED) is 0.762. The van der Waals surface area contributed by atoms with Gasteiger partial charge in [-0.3, -0.25) is 9.78 Å². The molecule has 0 spiro atoms. The standard InChI is InChI=1S/C18H20N4O/c1-22(2)10-8-13-5-3-4-6-15(13)21-18(23)17-11-14-12-19-9-7-16(14)20-17/h3-7,9,11-12,20H,8,10H2,1-2H3,(H,21,23). The van der Waals surface area contributed by atoms with Crippen molar-refractivity contribution in [2.45, 2.75) is 6.42 Å². The Hall–Kier alpha value is -2.66. The zero-order chi connectivity index (χ0) is 16.2. The van der Waals surface area contributed by atoms with E-state index in [1.54, 1.807) is 12.4 Å². The smallest absolute Gasteiger partial charge is 0.272 e. The van der Waals surface area contributed by atoms with Crippen LogP contribution < -0.4 is 5.32 Å². The molecule has 0 aliphatic heterocycles. The van der Waals surface area contributed by atoms with Gasteiger partial charge in [-0.05, 0) is 44.3 Å². The van der Waals surface area contributed by atoms with Gasteiger partial charge in [0.1, 0.15) is 5.69 Å². The van der Waals surface area contributed by atoms with Crippen molar-refractivity contribution in [1.29, 1.82) is 0 Å². The summed E-state index contributed by atoms with van der Waals surface area (Å²) >= 11 is 0. The van der Waals surface area contributed by atoms with Crippen molar-refractivity contribution >= 4 is 22.5 Å². The van der Waals surface area contributed by atoms with Crippen molar-refractivity contribution in [3.63, 3.8) is 0 Å². The third kappa shape index (κ3) is 3.57. The summed E-state index contributed by atoms with van der Waals surface area (Å²) in [5.41, 5.74) is 3.44. The summed E-state index contributed by atoms with van der Waals surface area (Å²) in [7, 11) is 4.08. The number of nitrogens with one attached hydrogen (secondary N) is 2. The topological polar surface area (TPSA) is 61.0 Å². The molecule has 5 nitrogen and oxygen atoms in total. The molecule has 0 saturated carbocycles. The van der Waals surface area contributed by atoms with Crippen LogP contribution in [0.4, 0.5) is 5.69 Å². The minimum Gasteiger partial charge on any atom is -0.350 e. The van der Waals surface area contributed by atoms with Crippen molar-refractivity contribution in [3.8, 4) is 0 Å². The number of carbonyl (C=O) groups is 1. The van der Waals surface area contributed by atoms with E-state index in [2.05, 4.69) is 20.2 Å². The number of pyridine rings is 1. The van der Waals surface area contributed by atoms with E-state index in [9.17, 15) is 4.79 Å². The monoisotopic (exact) mass is 308 g/mol. The summed E-state index contributed by atoms with van der Waals surface area (Å²) in [5.74, 6) is -0.140. The second-order valence-electron chi connectivity index (χ2n) is 5.81. The normalized spacial score (nSPS) is 11.1. The number of aromatic amines is 1. The fraction of sp³-hybridized carbons (Fsp3) is 0.222. The lowest BCUT2D eigenvalue weighted by molar-refractivity contribution is 0.102. The van der Waals surface area contributed by atoms with Crippen molar-refractivity contribution in [2.24, 2.45) is 0 Å². The van der Waals surface area contributed by atoms with Crippen LogP contribution in [0.2, 0.25) is 0 Å². The number of H-pyrrole nitrogens is 1. The maximum atomic E-state index is 12.5. The molecule has 0 saturated heterocycles. The SMILES string of the molecule is CN(C)CCc1ccccc1NC(=O)c1cc2cnccc2[nH]1. The van der Waals surface area contributed by atoms with Crippen molar-refractivity contribution in [3.05, 3.63) is 60.0 Å². The van der Waals surface area contributed by atoms with Crippen molar-refractivity contribution in [2.75, 3.05) is 26.0 Å². The zero-order valence-corrected chi connectivity index (χ0v) is 13.3. The number of carbonyl (C=O) groups excluding carboxylic acids is 1. The van der Waals surface area contributed by atoms with Gasteiger partial charge in [0.25, 0.3) is 5.91 Å². The minimum atomic E-state index is -0.140. The van der Waals surface area contributed by atoms with E-state index in [0.717, 1.165) is 35.1 Å². The first kappa shape index (κ1) is 15.2. The fourth-order valence-electron chi connectivity index (χ4n) is 2.49. The molecule has 3 rings (SSSR count). The number of aromatic nitrogens is 2. The molecule has 2 N–H and O–H groups in total. The molecule has 2 heterocycles. The van der Waals surface area contributed by atoms with E-state index in [4.69, 9.17) is 0 Å². The molecule has 0 radical (unpaired) electrons. The predicted octanol–water partition coefficient (Wildman–Crippen LogP) is 2.92. The molecule has 0 unspecified atom stereocenters. The van der Waals surface area contributed by atoms with Gasteiger partial charge in [0.2, 0.25) is 0 Å². The Labute approximate surface area is 135 Å². The molecule has 118 valence electrons. The highest BCUT2D eigenvalue weighted by Gasteiger charge is 2.11. The van der Waals surface area contributed by atoms with E-state index in [1.807, 2.05) is 50.5 Å². The predicted molar refractivity (Wildman–Crippen MR) is 92.7 cm³/mol. The molecule has 1 amide bonds. The highest BCUT2D eigenvalue weighted by molar-refractivity contribution is 6.06. The van der Waals surface area contributed by atoms with Crippen LogP contribution in [0.5, 0.6) is 0 Å². The maximum absolute atomic E-state index is 12.5. The lowest BCUT2D eigenvalue weighted by Crippen LogP contribution is -2.17. The van der Waals surface area contributed by atoms with E-state index >= 15 is 0 Å². The zero-order valence-electron chi connectivity index (χ0n) is 13.3. The van der Waals surface area contributed by atoms with E-state index in [1.165, 1.54) is 0 Å². The van der Waals surface area contributed by atoms with Gasteiger partial charge in [-0.2, -0.15) is 0 Å². The van der Waals surface area contributed by atoms with E-state index in [-0.39, 0.29) is 5.91 Å². The molecule has 0 aliphatic rings. The molecular formula is C18H20N4O. The molecule has 0 bridgehead atoms. The molecule has 5 heteroatoms. The molecule has 0 fully saturated rings. The lowest BCUT2D eigenvalue weighted by atomic mass is 10.1. The highest BCUT2D eigenvalue weighted by Crippen LogP contribution is 2.19. The molecule has 2 aromatic heterocycles. The Bertz CT molecular complexity index is 790. The van der Waals surface area contributed by atoms with Crippen LogP contribution in [0, 0.1) is 0 Å². The summed E-state index contributed by atoms with van der Waals surface area (Å²) in [5, 5.41) is 3.93. The number of hydrogen-bond acceptors (Lipinski definition) is 3. The van der Waals surface area contributed by atoms with Gasteiger partial charge in [-0.25, -0.2) is 0 Å². The fourth-order valence-corrected chi connectivity index (χ4v) is 2.49. The molecule has 0 atom stereocenters. The number of anilines is 1. The molecule has 3 aromatic rings. The van der Waals surface area contributed by atoms with Crippen LogP contribution in [0.1, 0.15) is 16.1 Å². The highest BCUT2D eigenvalue weighted by atomic mass is 16.1. The third-order valence-corrected chi connectivity index (χ3v) is 3.76. The average Bonchev–Trinajstić information content (AvgIpc) is 2.98. The second-order valence-corrected chi connectivity index (χ2v) is 5.81. The van der Waals surface area contributed by atoms with Crippen molar-refractivity contribution in [1.82, 2.24) is 14.9 Å². The Kier molecular flexibility index (Phi) is 4.39. The molecular weight excluding hydrogens is 288 g/mol. The number of fused-ring (bicyclic) bond motifs is 1. The Morgan fingerprint density at radius 1 is 1.26 bits per heavy atom. The molecule has 0 aliphatic carbocycles. The van der Waals surface area contributed by atoms with E-state index in [0.29, 0.717) is 5.69 Å². The number of rotatable bonds is 5. The van der Waals surface area contributed by atoms with Crippen molar-refractivity contribution < 1.29 is 4.79 Å². The first-order chi connectivity index (χ1) is 11.1. The first-order valence-electron chi connectivity index (χ1n) is 7.60. The lowest BCUT2D eigenvalue weighted by Gasteiger charge is -2.13. The van der Waals surface area contributed by atoms with Crippen LogP contribution in [-0.2, 0) is 6.42 Å². The largest absolute Gasteiger partial charge is 0.350 e. The first-order valence-corrected chi connectivity index (χ1v) is 7.60. The van der Waals surface area contributed by atoms with Gasteiger partial charge >= 0.3 is 0 Å². The Morgan fingerprint density at radius 3 is 2.87 bits per heavy atom. The number of nitrogens with zero attached hydrogens (tertiary/aromatic N) is 2. The minimum absolute atomic E-state index is 0.140. The summed E-state index contributed by atoms with van der Waals surface area (Å²) < 4.78 is 0. The summed E-state index contributed by atoms with van der Waals surface area (Å²) in [6.45, 7) is 0.935. The summed E-state index contributed by atoms with van der Waals surface area (Å²) in [6, 6.07) is 11.6. The number of benzene rings is 1. The summed E-state index contributed by atoms with van der Waals surface area (Å²) in [4.78, 5) is 21.8. The second kappa shape index (κ2) is 6.62.